The van der Waals surface area contributed by atoms with Crippen molar-refractivity contribution >= 4 is 11.6 Å². The molecule has 3 nitrogen and oxygen atoms in total. The molecule has 0 aromatic heterocycles. The molecular weight excluding hydrogens is 238 g/mol. The number of nitriles is 1. The Labute approximate surface area is 106 Å². The van der Waals surface area contributed by atoms with Crippen molar-refractivity contribution in [3.05, 3.63) is 28.8 Å². The quantitative estimate of drug-likeness (QED) is 0.829. The number of hydrogen-bond donors (Lipinski definition) is 0. The molecule has 1 fully saturated rings. The SMILES string of the molecule is N#CCc1ccc(OC2CCCOC2)c(Cl)c1. The molecule has 1 heterocycles. The van der Waals surface area contributed by atoms with Crippen LogP contribution in [0.25, 0.3) is 0 Å². The highest BCUT2D eigenvalue weighted by molar-refractivity contribution is 6.32. The van der Waals surface area contributed by atoms with E-state index >= 15 is 0 Å². The van der Waals surface area contributed by atoms with Gasteiger partial charge in [0.05, 0.1) is 24.1 Å². The number of benzene rings is 1. The van der Waals surface area contributed by atoms with Crippen molar-refractivity contribution in [1.29, 1.82) is 5.26 Å². The van der Waals surface area contributed by atoms with Crippen molar-refractivity contribution in [1.82, 2.24) is 0 Å². The summed E-state index contributed by atoms with van der Waals surface area (Å²) in [5.41, 5.74) is 0.907. The third kappa shape index (κ3) is 3.36. The molecule has 0 saturated carbocycles. The van der Waals surface area contributed by atoms with Crippen LogP contribution in [0.5, 0.6) is 5.75 Å². The lowest BCUT2D eigenvalue weighted by atomic mass is 10.1. The lowest BCUT2D eigenvalue weighted by molar-refractivity contribution is 0.00747. The van der Waals surface area contributed by atoms with Gasteiger partial charge in [0.25, 0.3) is 0 Å². The molecular formula is C13H14ClNO2. The Balaban J connectivity index is 2.03. The van der Waals surface area contributed by atoms with E-state index in [2.05, 4.69) is 6.07 Å². The molecule has 1 aromatic rings. The van der Waals surface area contributed by atoms with E-state index in [1.807, 2.05) is 12.1 Å². The van der Waals surface area contributed by atoms with Gasteiger partial charge in [-0.2, -0.15) is 5.26 Å². The molecule has 17 heavy (non-hydrogen) atoms. The Morgan fingerprint density at radius 2 is 2.41 bits per heavy atom. The second-order valence-electron chi connectivity index (χ2n) is 4.06. The summed E-state index contributed by atoms with van der Waals surface area (Å²) in [5.74, 6) is 0.670. The zero-order chi connectivity index (χ0) is 12.1. The number of nitrogens with zero attached hydrogens (tertiary/aromatic N) is 1. The van der Waals surface area contributed by atoms with Gasteiger partial charge in [0.15, 0.2) is 0 Å². The topological polar surface area (TPSA) is 42.2 Å². The summed E-state index contributed by atoms with van der Waals surface area (Å²) in [5, 5.41) is 9.16. The molecule has 1 aromatic carbocycles. The number of rotatable bonds is 3. The minimum absolute atomic E-state index is 0.0862. The third-order valence-corrected chi connectivity index (χ3v) is 2.99. The van der Waals surface area contributed by atoms with Crippen LogP contribution in [0.15, 0.2) is 18.2 Å². The van der Waals surface area contributed by atoms with Gasteiger partial charge < -0.3 is 9.47 Å². The van der Waals surface area contributed by atoms with Crippen LogP contribution >= 0.6 is 11.6 Å². The standard InChI is InChI=1S/C13H14ClNO2/c14-12-8-10(5-6-15)3-4-13(12)17-11-2-1-7-16-9-11/h3-4,8,11H,1-2,5,7,9H2. The van der Waals surface area contributed by atoms with E-state index in [0.29, 0.717) is 23.8 Å². The van der Waals surface area contributed by atoms with Crippen molar-refractivity contribution in [2.75, 3.05) is 13.2 Å². The molecule has 1 aliphatic rings. The lowest BCUT2D eigenvalue weighted by Crippen LogP contribution is -2.28. The fraction of sp³-hybridized carbons (Fsp3) is 0.462. The number of halogens is 1. The predicted octanol–water partition coefficient (Wildman–Crippen LogP) is 2.96. The molecule has 1 unspecified atom stereocenters. The van der Waals surface area contributed by atoms with Gasteiger partial charge in [-0.15, -0.1) is 0 Å². The van der Waals surface area contributed by atoms with Crippen LogP contribution < -0.4 is 4.74 Å². The molecule has 1 aliphatic heterocycles. The molecule has 0 bridgehead atoms. The highest BCUT2D eigenvalue weighted by Gasteiger charge is 2.16. The molecule has 0 amide bonds. The van der Waals surface area contributed by atoms with Gasteiger partial charge in [-0.1, -0.05) is 17.7 Å². The summed E-state index contributed by atoms with van der Waals surface area (Å²) >= 11 is 6.11. The smallest absolute Gasteiger partial charge is 0.138 e. The van der Waals surface area contributed by atoms with Gasteiger partial charge in [0, 0.05) is 6.61 Å². The van der Waals surface area contributed by atoms with Gasteiger partial charge in [0.1, 0.15) is 11.9 Å². The molecule has 4 heteroatoms. The normalized spacial score (nSPS) is 19.6. The molecule has 1 atom stereocenters. The van der Waals surface area contributed by atoms with Gasteiger partial charge >= 0.3 is 0 Å². The van der Waals surface area contributed by atoms with Crippen LogP contribution in [-0.4, -0.2) is 19.3 Å². The summed E-state index contributed by atoms with van der Waals surface area (Å²) < 4.78 is 11.1. The van der Waals surface area contributed by atoms with E-state index in [0.717, 1.165) is 25.0 Å². The highest BCUT2D eigenvalue weighted by atomic mass is 35.5. The maximum absolute atomic E-state index is 8.60. The highest BCUT2D eigenvalue weighted by Crippen LogP contribution is 2.27. The Bertz CT molecular complexity index is 422. The average molecular weight is 252 g/mol. The van der Waals surface area contributed by atoms with Crippen LogP contribution in [0.2, 0.25) is 5.02 Å². The van der Waals surface area contributed by atoms with Crippen molar-refractivity contribution < 1.29 is 9.47 Å². The van der Waals surface area contributed by atoms with E-state index in [4.69, 9.17) is 26.3 Å². The van der Waals surface area contributed by atoms with Crippen LogP contribution in [0.3, 0.4) is 0 Å². The van der Waals surface area contributed by atoms with Crippen LogP contribution in [-0.2, 0) is 11.2 Å². The minimum Gasteiger partial charge on any atom is -0.486 e. The maximum atomic E-state index is 8.60. The van der Waals surface area contributed by atoms with E-state index in [9.17, 15) is 0 Å². The van der Waals surface area contributed by atoms with E-state index < -0.39 is 0 Å². The first kappa shape index (κ1) is 12.2. The minimum atomic E-state index is 0.0862. The Morgan fingerprint density at radius 1 is 1.53 bits per heavy atom. The molecule has 90 valence electrons. The zero-order valence-corrected chi connectivity index (χ0v) is 10.2. The summed E-state index contributed by atoms with van der Waals surface area (Å²) in [6.07, 6.45) is 2.47. The Morgan fingerprint density at radius 3 is 3.06 bits per heavy atom. The second-order valence-corrected chi connectivity index (χ2v) is 4.46. The first-order valence-corrected chi connectivity index (χ1v) is 6.07. The molecule has 0 aliphatic carbocycles. The summed E-state index contributed by atoms with van der Waals surface area (Å²) in [4.78, 5) is 0. The van der Waals surface area contributed by atoms with Crippen molar-refractivity contribution in [3.63, 3.8) is 0 Å². The largest absolute Gasteiger partial charge is 0.486 e. The van der Waals surface area contributed by atoms with Crippen LogP contribution in [0, 0.1) is 11.3 Å². The lowest BCUT2D eigenvalue weighted by Gasteiger charge is -2.23. The Hall–Kier alpha value is -1.24. The Kier molecular flexibility index (Phi) is 4.24. The summed E-state index contributed by atoms with van der Waals surface area (Å²) in [7, 11) is 0. The maximum Gasteiger partial charge on any atom is 0.138 e. The second kappa shape index (κ2) is 5.90. The summed E-state index contributed by atoms with van der Waals surface area (Å²) in [6, 6.07) is 7.57. The average Bonchev–Trinajstić information content (AvgIpc) is 2.34. The zero-order valence-electron chi connectivity index (χ0n) is 9.49. The molecule has 0 spiro atoms. The van der Waals surface area contributed by atoms with E-state index in [-0.39, 0.29) is 6.10 Å². The van der Waals surface area contributed by atoms with Gasteiger partial charge in [-0.3, -0.25) is 0 Å². The van der Waals surface area contributed by atoms with E-state index in [1.165, 1.54) is 0 Å². The monoisotopic (exact) mass is 251 g/mol. The van der Waals surface area contributed by atoms with Crippen LogP contribution in [0.4, 0.5) is 0 Å². The summed E-state index contributed by atoms with van der Waals surface area (Å²) in [6.45, 7) is 1.44. The fourth-order valence-corrected chi connectivity index (χ4v) is 2.07. The van der Waals surface area contributed by atoms with Gasteiger partial charge in [-0.25, -0.2) is 0 Å². The van der Waals surface area contributed by atoms with E-state index in [1.54, 1.807) is 6.07 Å². The van der Waals surface area contributed by atoms with Crippen molar-refractivity contribution in [3.8, 4) is 11.8 Å². The fourth-order valence-electron chi connectivity index (χ4n) is 1.82. The van der Waals surface area contributed by atoms with Gasteiger partial charge in [0.2, 0.25) is 0 Å². The number of hydrogen-bond acceptors (Lipinski definition) is 3. The predicted molar refractivity (Wildman–Crippen MR) is 65.2 cm³/mol. The van der Waals surface area contributed by atoms with Crippen molar-refractivity contribution in [2.45, 2.75) is 25.4 Å². The van der Waals surface area contributed by atoms with Crippen LogP contribution in [0.1, 0.15) is 18.4 Å². The third-order valence-electron chi connectivity index (χ3n) is 2.69. The number of ether oxygens (including phenoxy) is 2. The molecule has 1 saturated heterocycles. The molecule has 0 radical (unpaired) electrons. The molecule has 0 N–H and O–H groups in total. The van der Waals surface area contributed by atoms with Crippen molar-refractivity contribution in [2.24, 2.45) is 0 Å². The molecule has 2 rings (SSSR count). The first-order valence-electron chi connectivity index (χ1n) is 5.69. The van der Waals surface area contributed by atoms with Gasteiger partial charge in [-0.05, 0) is 30.5 Å². The first-order chi connectivity index (χ1) is 8.29.